The van der Waals surface area contributed by atoms with E-state index in [-0.39, 0.29) is 5.56 Å². The molecule has 2 rings (SSSR count). The van der Waals surface area contributed by atoms with Crippen molar-refractivity contribution in [1.82, 2.24) is 10.6 Å². The molecule has 39 heavy (non-hydrogen) atoms. The van der Waals surface area contributed by atoms with E-state index in [1.165, 1.54) is 6.92 Å². The van der Waals surface area contributed by atoms with Gasteiger partial charge < -0.3 is 10.6 Å². The molecule has 0 aliphatic carbocycles. The number of hydrogen-bond acceptors (Lipinski definition) is 2. The van der Waals surface area contributed by atoms with Crippen LogP contribution in [-0.2, 0) is 11.0 Å². The van der Waals surface area contributed by atoms with Crippen molar-refractivity contribution >= 4 is 41.1 Å². The van der Waals surface area contributed by atoms with Crippen LogP contribution in [-0.4, -0.2) is 29.8 Å². The maximum Gasteiger partial charge on any atom is 0.417 e. The van der Waals surface area contributed by atoms with Crippen molar-refractivity contribution in [2.45, 2.75) is 57.3 Å². The van der Waals surface area contributed by atoms with Crippen molar-refractivity contribution in [3.05, 3.63) is 74.5 Å². The standard InChI is InChI=1S/C25H22Cl2F8N2O2/c1-12(36-20(38)11-23(2,3)29)37-22(39)15-6-4-13(8-17(15)25(33,34)35)5-7-16(24(30,31)32)14-9-18(26)21(28)19(27)10-14/h4-10,12,16H,11H2,1-3H3,(H,36,38)(H,37,39)/b7-5+/t12-,16?/m1/s1. The number of benzene rings is 2. The zero-order valence-electron chi connectivity index (χ0n) is 20.5. The lowest BCUT2D eigenvalue weighted by Gasteiger charge is -2.20. The van der Waals surface area contributed by atoms with Gasteiger partial charge in [-0.15, -0.1) is 0 Å². The average molecular weight is 605 g/mol. The molecule has 0 bridgehead atoms. The first-order chi connectivity index (χ1) is 17.7. The Morgan fingerprint density at radius 2 is 1.51 bits per heavy atom. The number of halogens is 10. The number of carbonyl (C=O) groups is 2. The van der Waals surface area contributed by atoms with Gasteiger partial charge in [0.25, 0.3) is 5.91 Å². The second-order valence-corrected chi connectivity index (χ2v) is 9.95. The molecule has 2 aromatic carbocycles. The number of amides is 2. The molecule has 4 nitrogen and oxygen atoms in total. The second kappa shape index (κ2) is 12.1. The van der Waals surface area contributed by atoms with Crippen LogP contribution in [0.15, 0.2) is 36.4 Å². The summed E-state index contributed by atoms with van der Waals surface area (Å²) in [6.07, 6.45) is -10.5. The first kappa shape index (κ1) is 32.4. The molecule has 2 N–H and O–H groups in total. The highest BCUT2D eigenvalue weighted by molar-refractivity contribution is 6.35. The SMILES string of the molecule is C[C@H](NC(=O)CC(C)(C)F)NC(=O)c1ccc(/C=C/C(c2cc(Cl)c(F)c(Cl)c2)C(F)(F)F)cc1C(F)(F)F. The highest BCUT2D eigenvalue weighted by Crippen LogP contribution is 2.40. The molecule has 0 aliphatic heterocycles. The van der Waals surface area contributed by atoms with Gasteiger partial charge in [0.15, 0.2) is 5.82 Å². The second-order valence-electron chi connectivity index (χ2n) is 9.14. The smallest absolute Gasteiger partial charge is 0.336 e. The lowest BCUT2D eigenvalue weighted by molar-refractivity contribution is -0.139. The van der Waals surface area contributed by atoms with Crippen LogP contribution in [0.2, 0.25) is 10.0 Å². The van der Waals surface area contributed by atoms with Gasteiger partial charge in [0.05, 0.1) is 39.7 Å². The fraction of sp³-hybridized carbons (Fsp3) is 0.360. The summed E-state index contributed by atoms with van der Waals surface area (Å²) in [5, 5.41) is 3.02. The number of nitrogens with one attached hydrogen (secondary N) is 2. The van der Waals surface area contributed by atoms with E-state index >= 15 is 0 Å². The van der Waals surface area contributed by atoms with E-state index in [0.29, 0.717) is 24.3 Å². The molecule has 2 amide bonds. The molecular weight excluding hydrogens is 583 g/mol. The van der Waals surface area contributed by atoms with Gasteiger partial charge in [0.1, 0.15) is 5.67 Å². The summed E-state index contributed by atoms with van der Waals surface area (Å²) in [6, 6.07) is 3.61. The van der Waals surface area contributed by atoms with Crippen molar-refractivity contribution in [2.75, 3.05) is 0 Å². The van der Waals surface area contributed by atoms with Crippen molar-refractivity contribution in [2.24, 2.45) is 0 Å². The number of alkyl halides is 7. The van der Waals surface area contributed by atoms with Gasteiger partial charge in [-0.3, -0.25) is 9.59 Å². The molecule has 0 aliphatic rings. The number of allylic oxidation sites excluding steroid dienone is 1. The van der Waals surface area contributed by atoms with Gasteiger partial charge in [-0.2, -0.15) is 26.3 Å². The minimum Gasteiger partial charge on any atom is -0.336 e. The van der Waals surface area contributed by atoms with Crippen LogP contribution < -0.4 is 10.6 Å². The molecule has 0 saturated carbocycles. The van der Waals surface area contributed by atoms with Crippen LogP contribution in [0.4, 0.5) is 35.1 Å². The van der Waals surface area contributed by atoms with E-state index < -0.39 is 80.9 Å². The molecule has 0 fully saturated rings. The Morgan fingerprint density at radius 1 is 0.949 bits per heavy atom. The maximum absolute atomic E-state index is 13.7. The molecule has 0 radical (unpaired) electrons. The molecule has 2 aromatic rings. The van der Waals surface area contributed by atoms with Gasteiger partial charge in [-0.05, 0) is 56.2 Å². The lowest BCUT2D eigenvalue weighted by atomic mass is 9.96. The van der Waals surface area contributed by atoms with Crippen LogP contribution in [0, 0.1) is 5.82 Å². The summed E-state index contributed by atoms with van der Waals surface area (Å²) >= 11 is 11.2. The molecule has 1 unspecified atom stereocenters. The number of hydrogen-bond donors (Lipinski definition) is 2. The predicted molar refractivity (Wildman–Crippen MR) is 131 cm³/mol. The molecule has 214 valence electrons. The van der Waals surface area contributed by atoms with E-state index in [1.54, 1.807) is 0 Å². The van der Waals surface area contributed by atoms with Crippen LogP contribution in [0.1, 0.15) is 60.2 Å². The summed E-state index contributed by atoms with van der Waals surface area (Å²) < 4.78 is 110. The third-order valence-electron chi connectivity index (χ3n) is 5.10. The first-order valence-electron chi connectivity index (χ1n) is 11.1. The lowest BCUT2D eigenvalue weighted by Crippen LogP contribution is -2.47. The summed E-state index contributed by atoms with van der Waals surface area (Å²) in [6.45, 7) is 3.53. The van der Waals surface area contributed by atoms with Gasteiger partial charge in [0.2, 0.25) is 5.91 Å². The number of rotatable bonds is 8. The molecule has 14 heteroatoms. The minimum absolute atomic E-state index is 0.334. The van der Waals surface area contributed by atoms with Crippen LogP contribution in [0.3, 0.4) is 0 Å². The van der Waals surface area contributed by atoms with Crippen molar-refractivity contribution in [1.29, 1.82) is 0 Å². The molecule has 0 saturated heterocycles. The van der Waals surface area contributed by atoms with Crippen LogP contribution in [0.25, 0.3) is 6.08 Å². The third-order valence-corrected chi connectivity index (χ3v) is 5.65. The predicted octanol–water partition coefficient (Wildman–Crippen LogP) is 7.84. The normalized spacial score (nSPS) is 14.3. The highest BCUT2D eigenvalue weighted by atomic mass is 35.5. The first-order valence-corrected chi connectivity index (χ1v) is 11.8. The van der Waals surface area contributed by atoms with Crippen LogP contribution in [0.5, 0.6) is 0 Å². The summed E-state index contributed by atoms with van der Waals surface area (Å²) in [5.74, 6) is -5.57. The quantitative estimate of drug-likeness (QED) is 0.183. The summed E-state index contributed by atoms with van der Waals surface area (Å²) in [5.41, 5.74) is -5.06. The van der Waals surface area contributed by atoms with E-state index in [2.05, 4.69) is 10.6 Å². The molecular formula is C25H22Cl2F8N2O2. The molecule has 2 atom stereocenters. The van der Waals surface area contributed by atoms with Crippen LogP contribution >= 0.6 is 23.2 Å². The number of carbonyl (C=O) groups excluding carboxylic acids is 2. The monoisotopic (exact) mass is 604 g/mol. The van der Waals surface area contributed by atoms with Crippen molar-refractivity contribution in [3.63, 3.8) is 0 Å². The van der Waals surface area contributed by atoms with E-state index in [4.69, 9.17) is 23.2 Å². The Morgan fingerprint density at radius 3 is 2.00 bits per heavy atom. The zero-order valence-corrected chi connectivity index (χ0v) is 22.0. The molecule has 0 heterocycles. The Hall–Kier alpha value is -2.86. The van der Waals surface area contributed by atoms with E-state index in [9.17, 15) is 44.7 Å². The fourth-order valence-corrected chi connectivity index (χ4v) is 3.96. The average Bonchev–Trinajstić information content (AvgIpc) is 2.74. The van der Waals surface area contributed by atoms with Crippen molar-refractivity contribution in [3.8, 4) is 0 Å². The summed E-state index contributed by atoms with van der Waals surface area (Å²) in [4.78, 5) is 24.3. The van der Waals surface area contributed by atoms with Gasteiger partial charge in [-0.1, -0.05) is 41.4 Å². The molecule has 0 spiro atoms. The Kier molecular flexibility index (Phi) is 10.1. The third kappa shape index (κ3) is 9.38. The Balaban J connectivity index is 2.36. The van der Waals surface area contributed by atoms with Gasteiger partial charge in [0, 0.05) is 0 Å². The van der Waals surface area contributed by atoms with Gasteiger partial charge >= 0.3 is 12.4 Å². The Bertz CT molecular complexity index is 1230. The topological polar surface area (TPSA) is 58.2 Å². The maximum atomic E-state index is 13.7. The fourth-order valence-electron chi connectivity index (χ4n) is 3.45. The minimum atomic E-state index is -5.08. The van der Waals surface area contributed by atoms with Gasteiger partial charge in [-0.25, -0.2) is 8.78 Å². The van der Waals surface area contributed by atoms with E-state index in [1.807, 2.05) is 0 Å². The van der Waals surface area contributed by atoms with E-state index in [0.717, 1.165) is 32.1 Å². The largest absolute Gasteiger partial charge is 0.417 e. The highest BCUT2D eigenvalue weighted by Gasteiger charge is 2.40. The van der Waals surface area contributed by atoms with Crippen molar-refractivity contribution < 1.29 is 44.7 Å². The molecule has 0 aromatic heterocycles. The Labute approximate surface area is 228 Å². The summed E-state index contributed by atoms with van der Waals surface area (Å²) in [7, 11) is 0. The zero-order chi connectivity index (χ0) is 29.9.